The number of carbonyl (C=O) groups is 1. The zero-order valence-electron chi connectivity index (χ0n) is 19.6. The summed E-state index contributed by atoms with van der Waals surface area (Å²) in [6.07, 6.45) is 0. The molecule has 0 atom stereocenters. The fourth-order valence-corrected chi connectivity index (χ4v) is 3.68. The zero-order valence-corrected chi connectivity index (χ0v) is 19.6. The van der Waals surface area contributed by atoms with Gasteiger partial charge in [-0.15, -0.1) is 0 Å². The van der Waals surface area contributed by atoms with E-state index in [0.29, 0.717) is 30.3 Å². The second-order valence-electron chi connectivity index (χ2n) is 8.36. The van der Waals surface area contributed by atoms with Crippen molar-refractivity contribution < 1.29 is 4.79 Å². The molecule has 0 saturated carbocycles. The lowest BCUT2D eigenvalue weighted by atomic mass is 10.1. The van der Waals surface area contributed by atoms with E-state index in [-0.39, 0.29) is 6.03 Å². The van der Waals surface area contributed by atoms with Crippen molar-refractivity contribution in [1.29, 1.82) is 0 Å². The van der Waals surface area contributed by atoms with Crippen LogP contribution in [0.2, 0.25) is 0 Å². The number of nitrogens with zero attached hydrogens (tertiary/aromatic N) is 4. The molecule has 0 aliphatic rings. The van der Waals surface area contributed by atoms with Crippen LogP contribution in [0.3, 0.4) is 0 Å². The molecule has 0 bridgehead atoms. The van der Waals surface area contributed by atoms with E-state index in [4.69, 9.17) is 10.8 Å². The number of aromatic nitrogens is 2. The second kappa shape index (κ2) is 10.7. The monoisotopic (exact) mass is 454 g/mol. The Kier molecular flexibility index (Phi) is 7.25. The van der Waals surface area contributed by atoms with Gasteiger partial charge in [-0.25, -0.2) is 9.48 Å². The van der Waals surface area contributed by atoms with E-state index < -0.39 is 0 Å². The Morgan fingerprint density at radius 3 is 2.09 bits per heavy atom. The lowest BCUT2D eigenvalue weighted by molar-refractivity contribution is 0.202. The number of likely N-dealkylation sites (N-methyl/N-ethyl adjacent to an activating group) is 1. The molecular formula is C27H30N6O. The molecule has 7 nitrogen and oxygen atoms in total. The van der Waals surface area contributed by atoms with Crippen LogP contribution in [0, 0.1) is 0 Å². The molecular weight excluding hydrogens is 424 g/mol. The van der Waals surface area contributed by atoms with E-state index in [9.17, 15) is 4.79 Å². The highest BCUT2D eigenvalue weighted by molar-refractivity contribution is 5.97. The first-order chi connectivity index (χ1) is 16.5. The van der Waals surface area contributed by atoms with Crippen molar-refractivity contribution in [2.75, 3.05) is 38.2 Å². The van der Waals surface area contributed by atoms with Gasteiger partial charge in [-0.2, -0.15) is 5.10 Å². The lowest BCUT2D eigenvalue weighted by Crippen LogP contribution is -2.39. The second-order valence-corrected chi connectivity index (χ2v) is 8.36. The van der Waals surface area contributed by atoms with Gasteiger partial charge in [0.2, 0.25) is 0 Å². The number of nitrogens with one attached hydrogen (secondary N) is 1. The largest absolute Gasteiger partial charge is 0.382 e. The molecule has 0 spiro atoms. The number of carbonyl (C=O) groups excluding carboxylic acids is 1. The summed E-state index contributed by atoms with van der Waals surface area (Å²) in [5.41, 5.74) is 10.5. The van der Waals surface area contributed by atoms with Crippen LogP contribution in [-0.2, 0) is 6.54 Å². The molecule has 0 fully saturated rings. The molecule has 2 amide bonds. The van der Waals surface area contributed by atoms with Crippen LogP contribution in [0.5, 0.6) is 0 Å². The number of para-hydroxylation sites is 1. The number of hydrogen-bond acceptors (Lipinski definition) is 4. The molecule has 0 radical (unpaired) electrons. The Morgan fingerprint density at radius 1 is 0.882 bits per heavy atom. The number of anilines is 2. The van der Waals surface area contributed by atoms with Gasteiger partial charge in [-0.1, -0.05) is 78.9 Å². The predicted molar refractivity (Wildman–Crippen MR) is 138 cm³/mol. The third-order valence-corrected chi connectivity index (χ3v) is 5.52. The van der Waals surface area contributed by atoms with Gasteiger partial charge in [-0.3, -0.25) is 0 Å². The number of amides is 2. The van der Waals surface area contributed by atoms with Crippen molar-refractivity contribution in [3.8, 4) is 16.9 Å². The van der Waals surface area contributed by atoms with Crippen LogP contribution in [-0.4, -0.2) is 52.8 Å². The van der Waals surface area contributed by atoms with E-state index in [0.717, 1.165) is 23.4 Å². The molecule has 4 aromatic rings. The summed E-state index contributed by atoms with van der Waals surface area (Å²) >= 11 is 0. The predicted octanol–water partition coefficient (Wildman–Crippen LogP) is 4.72. The van der Waals surface area contributed by atoms with Crippen molar-refractivity contribution >= 4 is 17.5 Å². The highest BCUT2D eigenvalue weighted by Crippen LogP contribution is 2.34. The number of nitrogens with two attached hydrogens (primary N) is 1. The first kappa shape index (κ1) is 23.1. The molecule has 0 saturated heterocycles. The molecule has 0 unspecified atom stereocenters. The van der Waals surface area contributed by atoms with Crippen molar-refractivity contribution in [2.45, 2.75) is 6.54 Å². The Morgan fingerprint density at radius 2 is 1.47 bits per heavy atom. The van der Waals surface area contributed by atoms with Gasteiger partial charge in [0.25, 0.3) is 0 Å². The molecule has 3 aromatic carbocycles. The SMILES string of the molecule is CN(C)CCN(Cc1ccccc1)C(=O)Nc1c(-c2ccccc2)nn(-c2ccccc2)c1N. The van der Waals surface area contributed by atoms with E-state index >= 15 is 0 Å². The molecule has 34 heavy (non-hydrogen) atoms. The zero-order chi connectivity index (χ0) is 23.9. The maximum atomic E-state index is 13.5. The fourth-order valence-electron chi connectivity index (χ4n) is 3.68. The molecule has 0 aliphatic heterocycles. The third kappa shape index (κ3) is 5.44. The van der Waals surface area contributed by atoms with E-state index in [1.807, 2.05) is 105 Å². The van der Waals surface area contributed by atoms with E-state index in [2.05, 4.69) is 10.2 Å². The van der Waals surface area contributed by atoms with Crippen molar-refractivity contribution in [3.05, 3.63) is 96.6 Å². The first-order valence-electron chi connectivity index (χ1n) is 11.3. The van der Waals surface area contributed by atoms with Crippen LogP contribution in [0.4, 0.5) is 16.3 Å². The minimum Gasteiger partial charge on any atom is -0.382 e. The topological polar surface area (TPSA) is 79.4 Å². The summed E-state index contributed by atoms with van der Waals surface area (Å²) in [7, 11) is 3.99. The number of rotatable bonds is 8. The van der Waals surface area contributed by atoms with Crippen molar-refractivity contribution in [1.82, 2.24) is 19.6 Å². The molecule has 4 rings (SSSR count). The third-order valence-electron chi connectivity index (χ3n) is 5.52. The minimum absolute atomic E-state index is 0.220. The van der Waals surface area contributed by atoms with Gasteiger partial charge in [0.15, 0.2) is 5.82 Å². The maximum Gasteiger partial charge on any atom is 0.322 e. The average molecular weight is 455 g/mol. The first-order valence-corrected chi connectivity index (χ1v) is 11.3. The molecule has 174 valence electrons. The number of benzene rings is 3. The highest BCUT2D eigenvalue weighted by atomic mass is 16.2. The standard InChI is InChI=1S/C27H30N6O/c1-31(2)18-19-32(20-21-12-6-3-7-13-21)27(34)29-25-24(22-14-8-4-9-15-22)30-33(26(25)28)23-16-10-5-11-17-23/h3-17H,18-20,28H2,1-2H3,(H,29,34). The summed E-state index contributed by atoms with van der Waals surface area (Å²) in [5, 5.41) is 7.84. The smallest absolute Gasteiger partial charge is 0.322 e. The molecule has 1 heterocycles. The van der Waals surface area contributed by atoms with Crippen molar-refractivity contribution in [2.24, 2.45) is 0 Å². The fraction of sp³-hybridized carbons (Fsp3) is 0.185. The number of nitrogen functional groups attached to an aromatic ring is 1. The highest BCUT2D eigenvalue weighted by Gasteiger charge is 2.23. The van der Waals surface area contributed by atoms with Gasteiger partial charge >= 0.3 is 6.03 Å². The minimum atomic E-state index is -0.220. The maximum absolute atomic E-state index is 13.5. The summed E-state index contributed by atoms with van der Waals surface area (Å²) in [6.45, 7) is 1.81. The van der Waals surface area contributed by atoms with Crippen LogP contribution < -0.4 is 11.1 Å². The van der Waals surface area contributed by atoms with Crippen LogP contribution >= 0.6 is 0 Å². The van der Waals surface area contributed by atoms with Gasteiger partial charge in [0.05, 0.1) is 5.69 Å². The molecule has 1 aromatic heterocycles. The number of hydrogen-bond donors (Lipinski definition) is 2. The molecule has 0 aliphatic carbocycles. The Hall–Kier alpha value is -4.10. The van der Waals surface area contributed by atoms with Gasteiger partial charge in [0.1, 0.15) is 11.4 Å². The van der Waals surface area contributed by atoms with Gasteiger partial charge in [-0.05, 0) is 31.8 Å². The van der Waals surface area contributed by atoms with Crippen LogP contribution in [0.1, 0.15) is 5.56 Å². The van der Waals surface area contributed by atoms with Crippen LogP contribution in [0.25, 0.3) is 16.9 Å². The molecule has 7 heteroatoms. The Bertz CT molecular complexity index is 1210. The van der Waals surface area contributed by atoms with Crippen molar-refractivity contribution in [3.63, 3.8) is 0 Å². The summed E-state index contributed by atoms with van der Waals surface area (Å²) in [4.78, 5) is 17.4. The van der Waals surface area contributed by atoms with Gasteiger partial charge < -0.3 is 20.9 Å². The van der Waals surface area contributed by atoms with E-state index in [1.54, 1.807) is 9.58 Å². The average Bonchev–Trinajstić information content (AvgIpc) is 3.19. The quantitative estimate of drug-likeness (QED) is 0.404. The summed E-state index contributed by atoms with van der Waals surface area (Å²) in [5.74, 6) is 0.380. The summed E-state index contributed by atoms with van der Waals surface area (Å²) in [6, 6.07) is 29.2. The normalized spacial score (nSPS) is 10.9. The Balaban J connectivity index is 1.68. The Labute approximate surface area is 200 Å². The summed E-state index contributed by atoms with van der Waals surface area (Å²) < 4.78 is 1.67. The van der Waals surface area contributed by atoms with E-state index in [1.165, 1.54) is 0 Å². The lowest BCUT2D eigenvalue weighted by Gasteiger charge is -2.25. The molecule has 3 N–H and O–H groups in total. The van der Waals surface area contributed by atoms with Crippen LogP contribution in [0.15, 0.2) is 91.0 Å². The van der Waals surface area contributed by atoms with Gasteiger partial charge in [0, 0.05) is 25.2 Å². The number of urea groups is 1.